The van der Waals surface area contributed by atoms with Crippen LogP contribution in [0.4, 0.5) is 0 Å². The van der Waals surface area contributed by atoms with Gasteiger partial charge >= 0.3 is 15.7 Å². The topological polar surface area (TPSA) is 15.7 Å². The van der Waals surface area contributed by atoms with E-state index >= 15 is 0 Å². The van der Waals surface area contributed by atoms with Crippen molar-refractivity contribution in [3.05, 3.63) is 0 Å². The van der Waals surface area contributed by atoms with Gasteiger partial charge in [-0.2, -0.15) is 0 Å². The molecular formula is C7H17AlN2O. The van der Waals surface area contributed by atoms with Gasteiger partial charge in [-0.05, 0) is 26.6 Å². The third-order valence-electron chi connectivity index (χ3n) is 2.07. The average Bonchev–Trinajstić information content (AvgIpc) is 2.01. The molecule has 11 heavy (non-hydrogen) atoms. The maximum absolute atomic E-state index is 5.04. The molecule has 1 heterocycles. The van der Waals surface area contributed by atoms with Gasteiger partial charge in [0.1, 0.15) is 0 Å². The van der Waals surface area contributed by atoms with Gasteiger partial charge in [-0.1, -0.05) is 0 Å². The van der Waals surface area contributed by atoms with Crippen molar-refractivity contribution in [3.63, 3.8) is 0 Å². The van der Waals surface area contributed by atoms with Crippen molar-refractivity contribution < 1.29 is 4.74 Å². The summed E-state index contributed by atoms with van der Waals surface area (Å²) < 4.78 is 10.1. The smallest absolute Gasteiger partial charge is 0.383 e. The minimum Gasteiger partial charge on any atom is -0.383 e. The highest BCUT2D eigenvalue weighted by Crippen LogP contribution is 1.99. The third-order valence-corrected chi connectivity index (χ3v) is 3.90. The number of ether oxygens (including phenoxy) is 1. The summed E-state index contributed by atoms with van der Waals surface area (Å²) >= 11 is -0.0868. The first-order valence-corrected chi connectivity index (χ1v) is 5.49. The number of hydrogen-bond acceptors (Lipinski definition) is 3. The van der Waals surface area contributed by atoms with Gasteiger partial charge in [0.25, 0.3) is 0 Å². The Labute approximate surface area is 75.4 Å². The van der Waals surface area contributed by atoms with Crippen molar-refractivity contribution in [2.75, 3.05) is 40.4 Å². The molecule has 1 fully saturated rings. The molecule has 1 saturated heterocycles. The van der Waals surface area contributed by atoms with Crippen LogP contribution in [0.2, 0.25) is 0 Å². The highest BCUT2D eigenvalue weighted by Gasteiger charge is 2.16. The maximum atomic E-state index is 5.04. The van der Waals surface area contributed by atoms with Crippen molar-refractivity contribution in [1.82, 2.24) is 7.77 Å². The van der Waals surface area contributed by atoms with E-state index in [0.29, 0.717) is 0 Å². The Morgan fingerprint density at radius 3 is 2.91 bits per heavy atom. The third kappa shape index (κ3) is 3.55. The van der Waals surface area contributed by atoms with Crippen LogP contribution in [0.3, 0.4) is 0 Å². The minimum atomic E-state index is -0.0868. The molecule has 0 amide bonds. The lowest BCUT2D eigenvalue weighted by molar-refractivity contribution is 0.171. The van der Waals surface area contributed by atoms with Crippen molar-refractivity contribution in [3.8, 4) is 0 Å². The van der Waals surface area contributed by atoms with Crippen molar-refractivity contribution in [2.24, 2.45) is 0 Å². The fraction of sp³-hybridized carbons (Fsp3) is 1.00. The maximum Gasteiger partial charge on any atom is 0.462 e. The molecule has 4 heteroatoms. The SMILES string of the molecule is COCC[N]1CCC[N](C)[AlH]1. The molecule has 64 valence electrons. The summed E-state index contributed by atoms with van der Waals surface area (Å²) in [6.07, 6.45) is 1.33. The fourth-order valence-corrected chi connectivity index (χ4v) is 3.13. The van der Waals surface area contributed by atoms with Gasteiger partial charge < -0.3 is 12.5 Å². The zero-order valence-electron chi connectivity index (χ0n) is 7.55. The minimum absolute atomic E-state index is 0.0868. The second-order valence-corrected chi connectivity index (χ2v) is 5.44. The lowest BCUT2D eigenvalue weighted by Crippen LogP contribution is -2.47. The lowest BCUT2D eigenvalue weighted by atomic mass is 10.4. The lowest BCUT2D eigenvalue weighted by Gasteiger charge is -2.31. The van der Waals surface area contributed by atoms with Crippen LogP contribution in [0.5, 0.6) is 0 Å². The van der Waals surface area contributed by atoms with Crippen LogP contribution in [0.25, 0.3) is 0 Å². The number of hydrogen-bond donors (Lipinski definition) is 0. The van der Waals surface area contributed by atoms with E-state index in [1.807, 2.05) is 0 Å². The predicted octanol–water partition coefficient (Wildman–Crippen LogP) is -0.463. The molecule has 0 N–H and O–H groups in total. The van der Waals surface area contributed by atoms with Crippen molar-refractivity contribution in [2.45, 2.75) is 6.42 Å². The first kappa shape index (κ1) is 9.50. The molecule has 0 aromatic heterocycles. The largest absolute Gasteiger partial charge is 0.462 e. The van der Waals surface area contributed by atoms with E-state index in [2.05, 4.69) is 14.8 Å². The Balaban J connectivity index is 2.12. The number of nitrogens with zero attached hydrogens (tertiary/aromatic N) is 2. The molecule has 0 aromatic rings. The van der Waals surface area contributed by atoms with Gasteiger partial charge in [-0.3, -0.25) is 0 Å². The summed E-state index contributed by atoms with van der Waals surface area (Å²) in [5.74, 6) is 0. The Bertz CT molecular complexity index is 113. The van der Waals surface area contributed by atoms with Crippen LogP contribution in [0.1, 0.15) is 6.42 Å². The van der Waals surface area contributed by atoms with Crippen LogP contribution in [0, 0.1) is 0 Å². The van der Waals surface area contributed by atoms with Gasteiger partial charge in [0.15, 0.2) is 0 Å². The molecule has 0 spiro atoms. The quantitative estimate of drug-likeness (QED) is 0.536. The molecule has 0 saturated carbocycles. The number of rotatable bonds is 3. The van der Waals surface area contributed by atoms with E-state index in [-0.39, 0.29) is 15.7 Å². The Kier molecular flexibility index (Phi) is 4.43. The molecule has 0 radical (unpaired) electrons. The Morgan fingerprint density at radius 1 is 1.45 bits per heavy atom. The highest BCUT2D eigenvalue weighted by atomic mass is 27.1. The summed E-state index contributed by atoms with van der Waals surface area (Å²) in [6, 6.07) is 0. The van der Waals surface area contributed by atoms with E-state index in [1.54, 1.807) is 7.11 Å². The van der Waals surface area contributed by atoms with Gasteiger partial charge in [-0.15, -0.1) is 0 Å². The second kappa shape index (κ2) is 5.13. The monoisotopic (exact) mass is 172 g/mol. The molecule has 1 aliphatic rings. The van der Waals surface area contributed by atoms with Crippen LogP contribution in [-0.2, 0) is 4.74 Å². The van der Waals surface area contributed by atoms with Crippen LogP contribution >= 0.6 is 0 Å². The Morgan fingerprint density at radius 2 is 2.27 bits per heavy atom. The first-order valence-electron chi connectivity index (χ1n) is 4.23. The van der Waals surface area contributed by atoms with Crippen LogP contribution < -0.4 is 0 Å². The molecule has 3 nitrogen and oxygen atoms in total. The number of methoxy groups -OCH3 is 1. The standard InChI is InChI=1S/C7H16N2O.Al.H/c1-8-4-3-5-9-6-7-10-2;;/h3-7H2,1-2H3;;/q-2;+2;. The summed E-state index contributed by atoms with van der Waals surface area (Å²) in [5.41, 5.74) is 0. The molecule has 1 aliphatic heterocycles. The summed E-state index contributed by atoms with van der Waals surface area (Å²) in [5, 5.41) is 0. The molecule has 1 rings (SSSR count). The van der Waals surface area contributed by atoms with E-state index in [1.165, 1.54) is 19.5 Å². The normalized spacial score (nSPS) is 21.6. The van der Waals surface area contributed by atoms with E-state index in [0.717, 1.165) is 13.2 Å². The van der Waals surface area contributed by atoms with Crippen LogP contribution in [-0.4, -0.2) is 63.8 Å². The average molecular weight is 172 g/mol. The van der Waals surface area contributed by atoms with Crippen LogP contribution in [0.15, 0.2) is 0 Å². The van der Waals surface area contributed by atoms with E-state index < -0.39 is 0 Å². The van der Waals surface area contributed by atoms with Gasteiger partial charge in [0.05, 0.1) is 6.61 Å². The Hall–Kier alpha value is 0.412. The van der Waals surface area contributed by atoms with Crippen molar-refractivity contribution in [1.29, 1.82) is 0 Å². The summed E-state index contributed by atoms with van der Waals surface area (Å²) in [7, 11) is 4.00. The van der Waals surface area contributed by atoms with Crippen molar-refractivity contribution >= 4 is 15.7 Å². The fourth-order valence-electron chi connectivity index (χ4n) is 1.45. The van der Waals surface area contributed by atoms with E-state index in [9.17, 15) is 0 Å². The van der Waals surface area contributed by atoms with Gasteiger partial charge in [-0.25, -0.2) is 0 Å². The molecular weight excluding hydrogens is 155 g/mol. The zero-order chi connectivity index (χ0) is 8.10. The summed E-state index contributed by atoms with van der Waals surface area (Å²) in [6.45, 7) is 4.61. The predicted molar refractivity (Wildman–Crippen MR) is 47.8 cm³/mol. The molecule has 0 bridgehead atoms. The molecule has 0 unspecified atom stereocenters. The van der Waals surface area contributed by atoms with E-state index in [4.69, 9.17) is 4.74 Å². The zero-order valence-corrected chi connectivity index (χ0v) is 8.96. The molecule has 0 aliphatic carbocycles. The second-order valence-electron chi connectivity index (χ2n) is 3.19. The summed E-state index contributed by atoms with van der Waals surface area (Å²) in [4.78, 5) is 0. The highest BCUT2D eigenvalue weighted by molar-refractivity contribution is 6.28. The molecule has 0 aromatic carbocycles. The molecule has 0 atom stereocenters. The van der Waals surface area contributed by atoms with Gasteiger partial charge in [0.2, 0.25) is 0 Å². The van der Waals surface area contributed by atoms with Gasteiger partial charge in [0, 0.05) is 13.7 Å². The first-order chi connectivity index (χ1) is 5.33.